The summed E-state index contributed by atoms with van der Waals surface area (Å²) in [7, 11) is 0. The van der Waals surface area contributed by atoms with Crippen LogP contribution in [-0.2, 0) is 4.79 Å². The Bertz CT molecular complexity index is 794. The predicted molar refractivity (Wildman–Crippen MR) is 88.6 cm³/mol. The maximum atomic E-state index is 12.1. The Kier molecular flexibility index (Phi) is 5.73. The van der Waals surface area contributed by atoms with Crippen LogP contribution in [0.4, 0.5) is 5.69 Å². The van der Waals surface area contributed by atoms with Gasteiger partial charge in [-0.3, -0.25) is 14.4 Å². The third-order valence-corrected chi connectivity index (χ3v) is 3.40. The molecular weight excluding hydrogens is 357 g/mol. The number of carbonyl (C=O) groups is 3. The fraction of sp³-hybridized carbons (Fsp3) is 0.0667. The molecule has 1 aromatic heterocycles. The number of carboxylic acids is 1. The maximum Gasteiger partial charge on any atom is 0.322 e. The van der Waals surface area contributed by atoms with Gasteiger partial charge in [0.2, 0.25) is 0 Å². The molecule has 7 nitrogen and oxygen atoms in total. The number of carbonyl (C=O) groups excluding carboxylic acids is 2. The zero-order chi connectivity index (χ0) is 17.7. The molecule has 0 unspecified atom stereocenters. The highest BCUT2D eigenvalue weighted by atomic mass is 35.5. The van der Waals surface area contributed by atoms with Crippen LogP contribution in [0.3, 0.4) is 0 Å². The minimum Gasteiger partial charge on any atom is -0.480 e. The van der Waals surface area contributed by atoms with Crippen molar-refractivity contribution >= 4 is 46.7 Å². The lowest BCUT2D eigenvalue weighted by Crippen LogP contribution is -2.29. The molecule has 0 atom stereocenters. The smallest absolute Gasteiger partial charge is 0.322 e. The summed E-state index contributed by atoms with van der Waals surface area (Å²) in [6.07, 6.45) is 1.33. The van der Waals surface area contributed by atoms with Gasteiger partial charge in [0.25, 0.3) is 11.8 Å². The minimum absolute atomic E-state index is 0.0740. The fourth-order valence-corrected chi connectivity index (χ4v) is 2.12. The summed E-state index contributed by atoms with van der Waals surface area (Å²) in [5, 5.41) is 13.7. The number of aliphatic carboxylic acids is 1. The van der Waals surface area contributed by atoms with Crippen LogP contribution < -0.4 is 10.6 Å². The third-order valence-electron chi connectivity index (χ3n) is 2.86. The summed E-state index contributed by atoms with van der Waals surface area (Å²) < 4.78 is 0. The number of nitrogens with one attached hydrogen (secondary N) is 2. The van der Waals surface area contributed by atoms with Gasteiger partial charge in [-0.25, -0.2) is 4.98 Å². The summed E-state index contributed by atoms with van der Waals surface area (Å²) in [6, 6.07) is 7.25. The Hall–Kier alpha value is -2.64. The highest BCUT2D eigenvalue weighted by Gasteiger charge is 2.13. The molecule has 0 saturated carbocycles. The van der Waals surface area contributed by atoms with Crippen molar-refractivity contribution in [3.05, 3.63) is 57.8 Å². The first kappa shape index (κ1) is 17.7. The van der Waals surface area contributed by atoms with E-state index in [2.05, 4.69) is 15.6 Å². The van der Waals surface area contributed by atoms with Crippen LogP contribution in [0.5, 0.6) is 0 Å². The van der Waals surface area contributed by atoms with Crippen LogP contribution in [0.1, 0.15) is 20.7 Å². The zero-order valence-corrected chi connectivity index (χ0v) is 13.6. The van der Waals surface area contributed by atoms with Crippen molar-refractivity contribution in [2.75, 3.05) is 11.9 Å². The number of hydrogen-bond donors (Lipinski definition) is 3. The predicted octanol–water partition coefficient (Wildman–Crippen LogP) is 2.46. The maximum absolute atomic E-state index is 12.1. The van der Waals surface area contributed by atoms with Gasteiger partial charge in [0.15, 0.2) is 0 Å². The van der Waals surface area contributed by atoms with Crippen molar-refractivity contribution in [1.29, 1.82) is 0 Å². The minimum atomic E-state index is -1.17. The normalized spacial score (nSPS) is 10.1. The molecule has 0 radical (unpaired) electrons. The monoisotopic (exact) mass is 367 g/mol. The molecule has 0 fully saturated rings. The lowest BCUT2D eigenvalue weighted by molar-refractivity contribution is -0.135. The number of anilines is 1. The lowest BCUT2D eigenvalue weighted by atomic mass is 10.2. The number of pyridine rings is 1. The molecule has 2 rings (SSSR count). The van der Waals surface area contributed by atoms with E-state index >= 15 is 0 Å². The SMILES string of the molecule is O=C(O)CNC(=O)c1ccc(NC(=O)c2ccc(Cl)nc2)cc1Cl. The van der Waals surface area contributed by atoms with Gasteiger partial charge in [0.05, 0.1) is 16.1 Å². The molecule has 0 saturated heterocycles. The van der Waals surface area contributed by atoms with Crippen LogP contribution in [0.15, 0.2) is 36.5 Å². The van der Waals surface area contributed by atoms with E-state index in [4.69, 9.17) is 28.3 Å². The molecule has 0 aliphatic heterocycles. The fourth-order valence-electron chi connectivity index (χ4n) is 1.74. The zero-order valence-electron chi connectivity index (χ0n) is 12.0. The van der Waals surface area contributed by atoms with E-state index in [1.165, 1.54) is 36.5 Å². The van der Waals surface area contributed by atoms with Crippen molar-refractivity contribution in [1.82, 2.24) is 10.3 Å². The van der Waals surface area contributed by atoms with Gasteiger partial charge in [-0.05, 0) is 30.3 Å². The average molecular weight is 368 g/mol. The van der Waals surface area contributed by atoms with Crippen molar-refractivity contribution in [2.45, 2.75) is 0 Å². The molecule has 1 heterocycles. The molecule has 0 aliphatic rings. The molecule has 2 amide bonds. The van der Waals surface area contributed by atoms with E-state index in [0.29, 0.717) is 11.3 Å². The first-order valence-electron chi connectivity index (χ1n) is 6.59. The van der Waals surface area contributed by atoms with Gasteiger partial charge in [-0.1, -0.05) is 23.2 Å². The van der Waals surface area contributed by atoms with Crippen molar-refractivity contribution < 1.29 is 19.5 Å². The number of benzene rings is 1. The Morgan fingerprint density at radius 3 is 2.42 bits per heavy atom. The number of halogens is 2. The Labute approximate surface area is 146 Å². The lowest BCUT2D eigenvalue weighted by Gasteiger charge is -2.09. The van der Waals surface area contributed by atoms with Crippen LogP contribution in [0.2, 0.25) is 10.2 Å². The van der Waals surface area contributed by atoms with Gasteiger partial charge >= 0.3 is 5.97 Å². The van der Waals surface area contributed by atoms with Gasteiger partial charge in [-0.15, -0.1) is 0 Å². The van der Waals surface area contributed by atoms with Crippen LogP contribution in [0, 0.1) is 0 Å². The first-order valence-corrected chi connectivity index (χ1v) is 7.35. The number of amides is 2. The van der Waals surface area contributed by atoms with E-state index in [0.717, 1.165) is 0 Å². The van der Waals surface area contributed by atoms with Gasteiger partial charge in [-0.2, -0.15) is 0 Å². The Morgan fingerprint density at radius 1 is 1.08 bits per heavy atom. The van der Waals surface area contributed by atoms with E-state index in [1.54, 1.807) is 0 Å². The highest BCUT2D eigenvalue weighted by molar-refractivity contribution is 6.34. The van der Waals surface area contributed by atoms with Gasteiger partial charge < -0.3 is 15.7 Å². The summed E-state index contributed by atoms with van der Waals surface area (Å²) >= 11 is 11.7. The second-order valence-electron chi connectivity index (χ2n) is 4.59. The highest BCUT2D eigenvalue weighted by Crippen LogP contribution is 2.21. The number of carboxylic acid groups (broad SMARTS) is 1. The molecule has 3 N–H and O–H groups in total. The summed E-state index contributed by atoms with van der Waals surface area (Å²) in [6.45, 7) is -0.517. The quantitative estimate of drug-likeness (QED) is 0.703. The molecule has 124 valence electrons. The van der Waals surface area contributed by atoms with Crippen LogP contribution in [0.25, 0.3) is 0 Å². The molecule has 24 heavy (non-hydrogen) atoms. The molecule has 0 bridgehead atoms. The second-order valence-corrected chi connectivity index (χ2v) is 5.39. The van der Waals surface area contributed by atoms with E-state index in [1.807, 2.05) is 0 Å². The Morgan fingerprint density at radius 2 is 1.83 bits per heavy atom. The summed E-state index contributed by atoms with van der Waals surface area (Å²) in [4.78, 5) is 38.1. The van der Waals surface area contributed by atoms with Crippen molar-refractivity contribution in [3.8, 4) is 0 Å². The molecule has 2 aromatic rings. The Balaban J connectivity index is 2.09. The average Bonchev–Trinajstić information content (AvgIpc) is 2.53. The molecule has 0 aliphatic carbocycles. The second kappa shape index (κ2) is 7.76. The van der Waals surface area contributed by atoms with E-state index < -0.39 is 24.3 Å². The van der Waals surface area contributed by atoms with Gasteiger partial charge in [0.1, 0.15) is 11.7 Å². The van der Waals surface area contributed by atoms with Crippen molar-refractivity contribution in [3.63, 3.8) is 0 Å². The topological polar surface area (TPSA) is 108 Å². The van der Waals surface area contributed by atoms with E-state index in [-0.39, 0.29) is 15.7 Å². The van der Waals surface area contributed by atoms with Crippen LogP contribution in [-0.4, -0.2) is 34.4 Å². The molecule has 0 spiro atoms. The van der Waals surface area contributed by atoms with Gasteiger partial charge in [0, 0.05) is 11.9 Å². The number of rotatable bonds is 5. The number of nitrogens with zero attached hydrogens (tertiary/aromatic N) is 1. The summed E-state index contributed by atoms with van der Waals surface area (Å²) in [5.74, 6) is -2.21. The van der Waals surface area contributed by atoms with E-state index in [9.17, 15) is 14.4 Å². The van der Waals surface area contributed by atoms with Crippen LogP contribution >= 0.6 is 23.2 Å². The third kappa shape index (κ3) is 4.68. The molecular formula is C15H11Cl2N3O4. The largest absolute Gasteiger partial charge is 0.480 e. The van der Waals surface area contributed by atoms with Crippen molar-refractivity contribution in [2.24, 2.45) is 0 Å². The molecule has 1 aromatic carbocycles. The first-order chi connectivity index (χ1) is 11.4. The summed E-state index contributed by atoms with van der Waals surface area (Å²) in [5.41, 5.74) is 0.776. The number of hydrogen-bond acceptors (Lipinski definition) is 4. The number of aromatic nitrogens is 1. The standard InChI is InChI=1S/C15H11Cl2N3O4/c16-11-5-9(2-3-10(11)15(24)19-7-13(21)22)20-14(23)8-1-4-12(17)18-6-8/h1-6H,7H2,(H,19,24)(H,20,23)(H,21,22). The molecule has 9 heteroatoms.